The van der Waals surface area contributed by atoms with Gasteiger partial charge in [-0.15, -0.1) is 0 Å². The van der Waals surface area contributed by atoms with Crippen molar-refractivity contribution in [3.63, 3.8) is 0 Å². The van der Waals surface area contributed by atoms with E-state index in [9.17, 15) is 4.79 Å². The molecule has 2 rings (SSSR count). The average molecular weight is 304 g/mol. The predicted molar refractivity (Wildman–Crippen MR) is 89.0 cm³/mol. The Balaban J connectivity index is 2.14. The Labute approximate surface area is 133 Å². The number of hydrogen-bond donors (Lipinski definition) is 2. The standard InChI is InChI=1S/C18H28N2O2/c1-3-8-15(19)17(21)20-13-18(11-6-7-12-18)14-9-4-5-10-16(14)22-2/h4-5,9-10,15H,3,6-8,11-13,19H2,1-2H3,(H,20,21). The van der Waals surface area contributed by atoms with E-state index in [-0.39, 0.29) is 11.3 Å². The SMILES string of the molecule is CCCC(N)C(=O)NCC1(c2ccccc2OC)CCCC1. The maximum Gasteiger partial charge on any atom is 0.236 e. The van der Waals surface area contributed by atoms with E-state index >= 15 is 0 Å². The topological polar surface area (TPSA) is 64.4 Å². The predicted octanol–water partition coefficient (Wildman–Crippen LogP) is 2.75. The maximum absolute atomic E-state index is 12.2. The molecule has 1 aliphatic rings. The molecule has 4 nitrogen and oxygen atoms in total. The lowest BCUT2D eigenvalue weighted by atomic mass is 9.78. The highest BCUT2D eigenvalue weighted by Crippen LogP contribution is 2.44. The van der Waals surface area contributed by atoms with Crippen LogP contribution in [-0.2, 0) is 10.2 Å². The summed E-state index contributed by atoms with van der Waals surface area (Å²) in [5, 5.41) is 3.08. The van der Waals surface area contributed by atoms with Crippen LogP contribution in [0.4, 0.5) is 0 Å². The number of para-hydroxylation sites is 1. The molecule has 3 N–H and O–H groups in total. The van der Waals surface area contributed by atoms with Crippen molar-refractivity contribution in [2.75, 3.05) is 13.7 Å². The lowest BCUT2D eigenvalue weighted by Crippen LogP contribution is -2.46. The van der Waals surface area contributed by atoms with Crippen LogP contribution in [0.1, 0.15) is 51.0 Å². The van der Waals surface area contributed by atoms with Crippen molar-refractivity contribution < 1.29 is 9.53 Å². The van der Waals surface area contributed by atoms with Gasteiger partial charge in [0.2, 0.25) is 5.91 Å². The Bertz CT molecular complexity index is 496. The Morgan fingerprint density at radius 1 is 1.36 bits per heavy atom. The van der Waals surface area contributed by atoms with Crippen LogP contribution in [0.2, 0.25) is 0 Å². The molecule has 0 bridgehead atoms. The van der Waals surface area contributed by atoms with Gasteiger partial charge in [-0.2, -0.15) is 0 Å². The second kappa shape index (κ2) is 7.63. The zero-order valence-corrected chi connectivity index (χ0v) is 13.7. The fraction of sp³-hybridized carbons (Fsp3) is 0.611. The quantitative estimate of drug-likeness (QED) is 0.814. The van der Waals surface area contributed by atoms with Crippen molar-refractivity contribution in [2.24, 2.45) is 5.73 Å². The summed E-state index contributed by atoms with van der Waals surface area (Å²) in [5.41, 5.74) is 7.10. The Hall–Kier alpha value is -1.55. The van der Waals surface area contributed by atoms with Crippen LogP contribution in [0.5, 0.6) is 5.75 Å². The highest BCUT2D eigenvalue weighted by Gasteiger charge is 2.38. The molecule has 0 heterocycles. The normalized spacial score (nSPS) is 18.0. The molecular weight excluding hydrogens is 276 g/mol. The molecule has 1 aliphatic carbocycles. The molecule has 1 aromatic rings. The van der Waals surface area contributed by atoms with E-state index < -0.39 is 6.04 Å². The van der Waals surface area contributed by atoms with E-state index in [0.29, 0.717) is 6.54 Å². The first-order valence-corrected chi connectivity index (χ1v) is 8.30. The van der Waals surface area contributed by atoms with Crippen LogP contribution in [-0.4, -0.2) is 25.6 Å². The number of benzene rings is 1. The van der Waals surface area contributed by atoms with Crippen molar-refractivity contribution in [3.05, 3.63) is 29.8 Å². The van der Waals surface area contributed by atoms with Crippen LogP contribution < -0.4 is 15.8 Å². The summed E-state index contributed by atoms with van der Waals surface area (Å²) < 4.78 is 5.54. The molecule has 0 saturated heterocycles. The summed E-state index contributed by atoms with van der Waals surface area (Å²) in [7, 11) is 1.71. The van der Waals surface area contributed by atoms with Gasteiger partial charge in [0, 0.05) is 17.5 Å². The minimum atomic E-state index is -0.402. The van der Waals surface area contributed by atoms with Gasteiger partial charge >= 0.3 is 0 Å². The Morgan fingerprint density at radius 2 is 2.05 bits per heavy atom. The van der Waals surface area contributed by atoms with E-state index in [2.05, 4.69) is 11.4 Å². The second-order valence-electron chi connectivity index (χ2n) is 6.30. The largest absolute Gasteiger partial charge is 0.496 e. The molecule has 1 saturated carbocycles. The molecule has 122 valence electrons. The van der Waals surface area contributed by atoms with Gasteiger partial charge in [-0.05, 0) is 25.3 Å². The molecule has 0 aliphatic heterocycles. The van der Waals surface area contributed by atoms with Gasteiger partial charge in [-0.1, -0.05) is 44.4 Å². The molecule has 1 amide bonds. The lowest BCUT2D eigenvalue weighted by molar-refractivity contribution is -0.122. The number of carbonyl (C=O) groups excluding carboxylic acids is 1. The summed E-state index contributed by atoms with van der Waals surface area (Å²) in [6, 6.07) is 7.76. The van der Waals surface area contributed by atoms with Crippen molar-refractivity contribution in [3.8, 4) is 5.75 Å². The second-order valence-corrected chi connectivity index (χ2v) is 6.30. The van der Waals surface area contributed by atoms with Gasteiger partial charge in [-0.25, -0.2) is 0 Å². The highest BCUT2D eigenvalue weighted by molar-refractivity contribution is 5.81. The number of amides is 1. The number of nitrogens with two attached hydrogens (primary N) is 1. The van der Waals surface area contributed by atoms with Crippen molar-refractivity contribution in [1.29, 1.82) is 0 Å². The third-order valence-corrected chi connectivity index (χ3v) is 4.78. The average Bonchev–Trinajstić information content (AvgIpc) is 3.02. The third kappa shape index (κ3) is 3.61. The van der Waals surface area contributed by atoms with Gasteiger partial charge in [0.05, 0.1) is 13.2 Å². The third-order valence-electron chi connectivity index (χ3n) is 4.78. The minimum Gasteiger partial charge on any atom is -0.496 e. The summed E-state index contributed by atoms with van der Waals surface area (Å²) in [5.74, 6) is 0.875. The van der Waals surface area contributed by atoms with Crippen LogP contribution >= 0.6 is 0 Å². The molecule has 0 aromatic heterocycles. The number of nitrogens with one attached hydrogen (secondary N) is 1. The number of rotatable bonds is 7. The van der Waals surface area contributed by atoms with E-state index in [1.807, 2.05) is 25.1 Å². The highest BCUT2D eigenvalue weighted by atomic mass is 16.5. The monoisotopic (exact) mass is 304 g/mol. The molecule has 1 atom stereocenters. The summed E-state index contributed by atoms with van der Waals surface area (Å²) in [4.78, 5) is 12.2. The molecule has 0 radical (unpaired) electrons. The minimum absolute atomic E-state index is 0.0196. The van der Waals surface area contributed by atoms with Gasteiger partial charge in [0.15, 0.2) is 0 Å². The van der Waals surface area contributed by atoms with Crippen molar-refractivity contribution >= 4 is 5.91 Å². The molecule has 22 heavy (non-hydrogen) atoms. The number of carbonyl (C=O) groups is 1. The Kier molecular flexibility index (Phi) is 5.83. The van der Waals surface area contributed by atoms with E-state index in [0.717, 1.165) is 31.4 Å². The summed E-state index contributed by atoms with van der Waals surface area (Å²) in [6.07, 6.45) is 6.19. The van der Waals surface area contributed by atoms with Crippen molar-refractivity contribution in [1.82, 2.24) is 5.32 Å². The first-order chi connectivity index (χ1) is 10.6. The van der Waals surface area contributed by atoms with Crippen LogP contribution in [0, 0.1) is 0 Å². The fourth-order valence-corrected chi connectivity index (χ4v) is 3.51. The van der Waals surface area contributed by atoms with Crippen LogP contribution in [0.15, 0.2) is 24.3 Å². The van der Waals surface area contributed by atoms with Gasteiger partial charge in [0.25, 0.3) is 0 Å². The molecule has 4 heteroatoms. The van der Waals surface area contributed by atoms with Crippen LogP contribution in [0.3, 0.4) is 0 Å². The Morgan fingerprint density at radius 3 is 2.68 bits per heavy atom. The first-order valence-electron chi connectivity index (χ1n) is 8.30. The zero-order valence-electron chi connectivity index (χ0n) is 13.7. The molecule has 1 aromatic carbocycles. The van der Waals surface area contributed by atoms with Crippen molar-refractivity contribution in [2.45, 2.75) is 56.9 Å². The molecule has 1 unspecified atom stereocenters. The molecular formula is C18H28N2O2. The fourth-order valence-electron chi connectivity index (χ4n) is 3.51. The molecule has 1 fully saturated rings. The first kappa shape index (κ1) is 16.8. The maximum atomic E-state index is 12.2. The number of ether oxygens (including phenoxy) is 1. The van der Waals surface area contributed by atoms with Gasteiger partial charge in [0.1, 0.15) is 5.75 Å². The van der Waals surface area contributed by atoms with Crippen LogP contribution in [0.25, 0.3) is 0 Å². The lowest BCUT2D eigenvalue weighted by Gasteiger charge is -2.31. The molecule has 0 spiro atoms. The van der Waals surface area contributed by atoms with Gasteiger partial charge < -0.3 is 15.8 Å². The van der Waals surface area contributed by atoms with Gasteiger partial charge in [-0.3, -0.25) is 4.79 Å². The summed E-state index contributed by atoms with van der Waals surface area (Å²) >= 11 is 0. The number of methoxy groups -OCH3 is 1. The zero-order chi connectivity index (χ0) is 16.0. The summed E-state index contributed by atoms with van der Waals surface area (Å²) in [6.45, 7) is 2.68. The van der Waals surface area contributed by atoms with E-state index in [1.165, 1.54) is 18.4 Å². The smallest absolute Gasteiger partial charge is 0.236 e. The number of hydrogen-bond acceptors (Lipinski definition) is 3. The van der Waals surface area contributed by atoms with E-state index in [4.69, 9.17) is 10.5 Å². The van der Waals surface area contributed by atoms with E-state index in [1.54, 1.807) is 7.11 Å².